The summed E-state index contributed by atoms with van der Waals surface area (Å²) in [6.07, 6.45) is 0.102. The van der Waals surface area contributed by atoms with Crippen LogP contribution in [0.4, 0.5) is 26.6 Å². The molecule has 0 radical (unpaired) electrons. The lowest BCUT2D eigenvalue weighted by Gasteiger charge is -2.32. The van der Waals surface area contributed by atoms with Crippen LogP contribution < -0.4 is 10.2 Å². The van der Waals surface area contributed by atoms with E-state index in [-0.39, 0.29) is 28.3 Å². The lowest BCUT2D eigenvalue weighted by Crippen LogP contribution is -2.36. The first-order valence-electron chi connectivity index (χ1n) is 15.2. The number of benzene rings is 3. The summed E-state index contributed by atoms with van der Waals surface area (Å²) in [6, 6.07) is 15.2. The van der Waals surface area contributed by atoms with Crippen LogP contribution in [0.2, 0.25) is 5.02 Å². The summed E-state index contributed by atoms with van der Waals surface area (Å²) in [5, 5.41) is 13.9. The van der Waals surface area contributed by atoms with Crippen LogP contribution in [0.1, 0.15) is 58.1 Å². The van der Waals surface area contributed by atoms with Gasteiger partial charge < -0.3 is 20.2 Å². The normalized spacial score (nSPS) is 11.8. The Morgan fingerprint density at radius 1 is 0.957 bits per heavy atom. The largest absolute Gasteiger partial charge is 0.465 e. The van der Waals surface area contributed by atoms with Crippen molar-refractivity contribution in [1.29, 1.82) is 0 Å². The highest BCUT2D eigenvalue weighted by molar-refractivity contribution is 6.30. The minimum atomic E-state index is -1.33. The smallest absolute Gasteiger partial charge is 0.413 e. The van der Waals surface area contributed by atoms with Gasteiger partial charge in [0, 0.05) is 48.2 Å². The molecule has 242 valence electrons. The summed E-state index contributed by atoms with van der Waals surface area (Å²) < 4.78 is 15.5. The maximum Gasteiger partial charge on any atom is 0.413 e. The Morgan fingerprint density at radius 2 is 1.61 bits per heavy atom. The van der Waals surface area contributed by atoms with E-state index in [1.807, 2.05) is 32.9 Å². The molecule has 1 unspecified atom stereocenters. The van der Waals surface area contributed by atoms with Crippen LogP contribution in [0, 0.1) is 26.6 Å². The zero-order chi connectivity index (χ0) is 33.5. The van der Waals surface area contributed by atoms with Crippen LogP contribution in [0.5, 0.6) is 0 Å². The van der Waals surface area contributed by atoms with Crippen LogP contribution >= 0.6 is 11.6 Å². The number of nitrogens with one attached hydrogen (secondary N) is 1. The van der Waals surface area contributed by atoms with Gasteiger partial charge in [-0.3, -0.25) is 4.79 Å². The summed E-state index contributed by atoms with van der Waals surface area (Å²) in [6.45, 7) is 13.1. The third-order valence-electron chi connectivity index (χ3n) is 8.00. The van der Waals surface area contributed by atoms with Gasteiger partial charge in [-0.15, -0.1) is 0 Å². The van der Waals surface area contributed by atoms with E-state index in [1.165, 1.54) is 30.5 Å². The number of carbonyl (C=O) groups is 2. The van der Waals surface area contributed by atoms with E-state index in [0.717, 1.165) is 41.2 Å². The first-order chi connectivity index (χ1) is 21.9. The molecule has 4 rings (SSSR count). The van der Waals surface area contributed by atoms with Crippen molar-refractivity contribution in [2.45, 2.75) is 40.7 Å². The van der Waals surface area contributed by atoms with Crippen molar-refractivity contribution in [2.24, 2.45) is 0 Å². The van der Waals surface area contributed by atoms with Gasteiger partial charge in [-0.2, -0.15) is 4.98 Å². The number of aryl methyl sites for hydroxylation is 3. The molecule has 2 amide bonds. The predicted octanol–water partition coefficient (Wildman–Crippen LogP) is 7.63. The maximum atomic E-state index is 15.5. The number of hydrogen-bond acceptors (Lipinski definition) is 6. The van der Waals surface area contributed by atoms with E-state index >= 15 is 4.39 Å². The van der Waals surface area contributed by atoms with Gasteiger partial charge in [0.2, 0.25) is 5.95 Å². The fourth-order valence-electron chi connectivity index (χ4n) is 5.63. The van der Waals surface area contributed by atoms with Crippen LogP contribution in [-0.4, -0.2) is 70.1 Å². The Morgan fingerprint density at radius 3 is 2.22 bits per heavy atom. The Balaban J connectivity index is 1.65. The molecule has 0 aliphatic rings. The zero-order valence-corrected chi connectivity index (χ0v) is 27.8. The topological polar surface area (TPSA) is 102 Å². The molecule has 9 nitrogen and oxygen atoms in total. The molecule has 0 aliphatic heterocycles. The number of amides is 2. The monoisotopic (exact) mass is 646 g/mol. The highest BCUT2D eigenvalue weighted by atomic mass is 35.5. The molecule has 3 aromatic carbocycles. The van der Waals surface area contributed by atoms with Gasteiger partial charge in [0.1, 0.15) is 11.6 Å². The van der Waals surface area contributed by atoms with Crippen LogP contribution in [0.15, 0.2) is 66.9 Å². The van der Waals surface area contributed by atoms with E-state index in [0.29, 0.717) is 23.4 Å². The number of halogens is 2. The number of aromatic nitrogens is 2. The van der Waals surface area contributed by atoms with Crippen molar-refractivity contribution in [3.05, 3.63) is 111 Å². The number of nitrogens with zero attached hydrogens (tertiary/aromatic N) is 5. The summed E-state index contributed by atoms with van der Waals surface area (Å²) in [5.74, 6) is -0.520. The number of carboxylic acid groups (broad SMARTS) is 1. The van der Waals surface area contributed by atoms with E-state index < -0.39 is 18.0 Å². The number of hydrogen-bond donors (Lipinski definition) is 2. The average molecular weight is 647 g/mol. The molecular weight excluding hydrogens is 607 g/mol. The molecule has 0 saturated carbocycles. The highest BCUT2D eigenvalue weighted by Crippen LogP contribution is 2.38. The Bertz CT molecular complexity index is 1670. The van der Waals surface area contributed by atoms with Crippen molar-refractivity contribution in [3.8, 4) is 0 Å². The van der Waals surface area contributed by atoms with Crippen LogP contribution in [0.25, 0.3) is 0 Å². The molecule has 4 aromatic rings. The number of likely N-dealkylation sites (N-methyl/N-ethyl adjacent to an activating group) is 2. The molecule has 1 heterocycles. The Hall–Kier alpha value is -4.54. The first-order valence-corrected chi connectivity index (χ1v) is 15.5. The van der Waals surface area contributed by atoms with Crippen LogP contribution in [0.3, 0.4) is 0 Å². The molecular formula is C35H40ClFN6O3. The van der Waals surface area contributed by atoms with E-state index in [1.54, 1.807) is 36.2 Å². The van der Waals surface area contributed by atoms with Crippen molar-refractivity contribution in [3.63, 3.8) is 0 Å². The van der Waals surface area contributed by atoms with Crippen molar-refractivity contribution < 1.29 is 19.1 Å². The second kappa shape index (κ2) is 15.2. The Labute approximate surface area is 274 Å². The molecule has 2 N–H and O–H groups in total. The van der Waals surface area contributed by atoms with Crippen LogP contribution in [-0.2, 0) is 0 Å². The summed E-state index contributed by atoms with van der Waals surface area (Å²) >= 11 is 6.29. The second-order valence-corrected chi connectivity index (χ2v) is 11.7. The lowest BCUT2D eigenvalue weighted by atomic mass is 9.88. The molecule has 46 heavy (non-hydrogen) atoms. The van der Waals surface area contributed by atoms with Gasteiger partial charge in [-0.25, -0.2) is 19.1 Å². The Kier molecular flexibility index (Phi) is 11.3. The van der Waals surface area contributed by atoms with Crippen molar-refractivity contribution in [2.75, 3.05) is 43.4 Å². The van der Waals surface area contributed by atoms with Crippen molar-refractivity contribution in [1.82, 2.24) is 19.8 Å². The highest BCUT2D eigenvalue weighted by Gasteiger charge is 2.34. The standard InChI is InChI=1S/C35H40ClFN6O3/c1-7-42(8-2)18-17-41(6)33(44)25-9-12-27(13-10-25)39-34-38-16-15-30(40-34)43(35(45)46)32(28-21-26(36)11-14-29(28)37)31-23(4)19-22(3)20-24(31)5/h9-16,19-21,32H,7-8,17-18H2,1-6H3,(H,45,46)(H,38,39,40). The first kappa shape index (κ1) is 34.3. The van der Waals surface area contributed by atoms with E-state index in [9.17, 15) is 14.7 Å². The number of anilines is 3. The number of rotatable bonds is 12. The van der Waals surface area contributed by atoms with E-state index in [2.05, 4.69) is 34.0 Å². The van der Waals surface area contributed by atoms with Gasteiger partial charge in [0.15, 0.2) is 0 Å². The van der Waals surface area contributed by atoms with Gasteiger partial charge in [-0.05, 0) is 99.1 Å². The van der Waals surface area contributed by atoms with Gasteiger partial charge in [0.25, 0.3) is 5.91 Å². The third-order valence-corrected chi connectivity index (χ3v) is 8.23. The average Bonchev–Trinajstić information content (AvgIpc) is 3.01. The molecule has 0 bridgehead atoms. The molecule has 0 saturated heterocycles. The van der Waals surface area contributed by atoms with Gasteiger partial charge in [-0.1, -0.05) is 43.1 Å². The maximum absolute atomic E-state index is 15.5. The summed E-state index contributed by atoms with van der Waals surface area (Å²) in [7, 11) is 1.79. The molecule has 11 heteroatoms. The fourth-order valence-corrected chi connectivity index (χ4v) is 5.81. The lowest BCUT2D eigenvalue weighted by molar-refractivity contribution is 0.0779. The fraction of sp³-hybridized carbons (Fsp3) is 0.314. The number of carbonyl (C=O) groups excluding carboxylic acids is 1. The molecule has 0 fully saturated rings. The molecule has 0 spiro atoms. The van der Waals surface area contributed by atoms with E-state index in [4.69, 9.17) is 11.6 Å². The van der Waals surface area contributed by atoms with Gasteiger partial charge >= 0.3 is 6.09 Å². The van der Waals surface area contributed by atoms with Crippen molar-refractivity contribution >= 4 is 41.1 Å². The SMILES string of the molecule is CCN(CC)CCN(C)C(=O)c1ccc(Nc2nccc(N(C(=O)O)C(c3cc(Cl)ccc3F)c3c(C)cc(C)cc3C)n2)cc1. The summed E-state index contributed by atoms with van der Waals surface area (Å²) in [4.78, 5) is 39.7. The second-order valence-electron chi connectivity index (χ2n) is 11.2. The molecule has 1 aromatic heterocycles. The molecule has 1 atom stereocenters. The zero-order valence-electron chi connectivity index (χ0n) is 27.0. The molecule has 0 aliphatic carbocycles. The predicted molar refractivity (Wildman–Crippen MR) is 181 cm³/mol. The third kappa shape index (κ3) is 7.99. The summed E-state index contributed by atoms with van der Waals surface area (Å²) in [5.41, 5.74) is 4.46. The minimum absolute atomic E-state index is 0.0374. The van der Waals surface area contributed by atoms with Gasteiger partial charge in [0.05, 0.1) is 6.04 Å². The quantitative estimate of drug-likeness (QED) is 0.163. The minimum Gasteiger partial charge on any atom is -0.465 e.